The van der Waals surface area contributed by atoms with Crippen LogP contribution in [-0.2, 0) is 4.79 Å². The van der Waals surface area contributed by atoms with E-state index in [1.54, 1.807) is 0 Å². The summed E-state index contributed by atoms with van der Waals surface area (Å²) >= 11 is 3.59. The number of amides is 1. The average Bonchev–Trinajstić information content (AvgIpc) is 3.08. The third-order valence-electron chi connectivity index (χ3n) is 4.57. The van der Waals surface area contributed by atoms with Gasteiger partial charge in [0.2, 0.25) is 5.91 Å². The standard InChI is InChI=1S/C16H22BrN3O/c17-14-3-1-2-4-15(14)20-8-7-13(10-20)19-16(21)11-5-6-12(18)9-11/h1-4,11-13H,5-10,18H2,(H,19,21)/t11-,12-,13-/m1/s1. The smallest absolute Gasteiger partial charge is 0.223 e. The van der Waals surface area contributed by atoms with Gasteiger partial charge in [0.05, 0.1) is 5.69 Å². The fourth-order valence-corrected chi connectivity index (χ4v) is 3.91. The molecule has 114 valence electrons. The lowest BCUT2D eigenvalue weighted by Crippen LogP contribution is -2.40. The van der Waals surface area contributed by atoms with E-state index in [4.69, 9.17) is 5.73 Å². The predicted octanol–water partition coefficient (Wildman–Crippen LogP) is 2.27. The summed E-state index contributed by atoms with van der Waals surface area (Å²) in [7, 11) is 0. The number of carbonyl (C=O) groups excluding carboxylic acids is 1. The summed E-state index contributed by atoms with van der Waals surface area (Å²) in [6.07, 6.45) is 3.76. The average molecular weight is 352 g/mol. The molecule has 1 heterocycles. The molecule has 0 spiro atoms. The van der Waals surface area contributed by atoms with Gasteiger partial charge in [-0.2, -0.15) is 0 Å². The highest BCUT2D eigenvalue weighted by Crippen LogP contribution is 2.29. The number of anilines is 1. The maximum atomic E-state index is 12.3. The van der Waals surface area contributed by atoms with E-state index < -0.39 is 0 Å². The molecule has 0 unspecified atom stereocenters. The Balaban J connectivity index is 1.55. The van der Waals surface area contributed by atoms with Crippen LogP contribution in [0.4, 0.5) is 5.69 Å². The van der Waals surface area contributed by atoms with Crippen molar-refractivity contribution in [2.24, 2.45) is 11.7 Å². The van der Waals surface area contributed by atoms with Gasteiger partial charge < -0.3 is 16.0 Å². The molecule has 1 aromatic carbocycles. The summed E-state index contributed by atoms with van der Waals surface area (Å²) in [6.45, 7) is 1.87. The monoisotopic (exact) mass is 351 g/mol. The van der Waals surface area contributed by atoms with Crippen molar-refractivity contribution in [3.63, 3.8) is 0 Å². The van der Waals surface area contributed by atoms with Crippen molar-refractivity contribution < 1.29 is 4.79 Å². The first kappa shape index (κ1) is 14.9. The predicted molar refractivity (Wildman–Crippen MR) is 88.2 cm³/mol. The second-order valence-corrected chi connectivity index (χ2v) is 7.02. The summed E-state index contributed by atoms with van der Waals surface area (Å²) in [5.74, 6) is 0.319. The van der Waals surface area contributed by atoms with Crippen LogP contribution in [0, 0.1) is 5.92 Å². The first-order valence-electron chi connectivity index (χ1n) is 7.69. The lowest BCUT2D eigenvalue weighted by Gasteiger charge is -2.21. The van der Waals surface area contributed by atoms with E-state index in [9.17, 15) is 4.79 Å². The van der Waals surface area contributed by atoms with Crippen LogP contribution in [-0.4, -0.2) is 31.1 Å². The van der Waals surface area contributed by atoms with Crippen LogP contribution in [0.25, 0.3) is 0 Å². The molecule has 1 amide bonds. The molecular formula is C16H22BrN3O. The minimum Gasteiger partial charge on any atom is -0.368 e. The Labute approximate surface area is 134 Å². The largest absolute Gasteiger partial charge is 0.368 e. The molecular weight excluding hydrogens is 330 g/mol. The zero-order valence-electron chi connectivity index (χ0n) is 12.1. The minimum absolute atomic E-state index is 0.123. The normalized spacial score (nSPS) is 28.9. The SMILES string of the molecule is N[C@@H]1CC[C@@H](C(=O)N[C@@H]2CCN(c3ccccc3Br)C2)C1. The summed E-state index contributed by atoms with van der Waals surface area (Å²) in [5, 5.41) is 3.21. The van der Waals surface area contributed by atoms with Gasteiger partial charge in [0, 0.05) is 35.6 Å². The number of hydrogen-bond acceptors (Lipinski definition) is 3. The molecule has 21 heavy (non-hydrogen) atoms. The van der Waals surface area contributed by atoms with Gasteiger partial charge in [-0.1, -0.05) is 12.1 Å². The Morgan fingerprint density at radius 3 is 2.81 bits per heavy atom. The zero-order chi connectivity index (χ0) is 14.8. The summed E-state index contributed by atoms with van der Waals surface area (Å²) < 4.78 is 1.11. The highest BCUT2D eigenvalue weighted by Gasteiger charge is 2.31. The quantitative estimate of drug-likeness (QED) is 0.878. The van der Waals surface area contributed by atoms with E-state index in [1.807, 2.05) is 12.1 Å². The van der Waals surface area contributed by atoms with Crippen molar-refractivity contribution in [1.29, 1.82) is 0 Å². The zero-order valence-corrected chi connectivity index (χ0v) is 13.7. The van der Waals surface area contributed by atoms with Crippen molar-refractivity contribution in [1.82, 2.24) is 5.32 Å². The molecule has 1 aromatic rings. The molecule has 2 aliphatic rings. The van der Waals surface area contributed by atoms with Crippen molar-refractivity contribution in [2.75, 3.05) is 18.0 Å². The number of nitrogens with one attached hydrogen (secondary N) is 1. The number of nitrogens with zero attached hydrogens (tertiary/aromatic N) is 1. The number of rotatable bonds is 3. The van der Waals surface area contributed by atoms with Crippen LogP contribution in [0.1, 0.15) is 25.7 Å². The molecule has 3 atom stereocenters. The molecule has 3 rings (SSSR count). The third-order valence-corrected chi connectivity index (χ3v) is 5.24. The Morgan fingerprint density at radius 1 is 1.29 bits per heavy atom. The van der Waals surface area contributed by atoms with Crippen LogP contribution in [0.5, 0.6) is 0 Å². The van der Waals surface area contributed by atoms with Crippen molar-refractivity contribution in [3.8, 4) is 0 Å². The van der Waals surface area contributed by atoms with E-state index in [1.165, 1.54) is 5.69 Å². The number of halogens is 1. The third kappa shape index (κ3) is 3.40. The van der Waals surface area contributed by atoms with Gasteiger partial charge >= 0.3 is 0 Å². The van der Waals surface area contributed by atoms with Crippen LogP contribution >= 0.6 is 15.9 Å². The second-order valence-electron chi connectivity index (χ2n) is 6.16. The van der Waals surface area contributed by atoms with Crippen molar-refractivity contribution >= 4 is 27.5 Å². The van der Waals surface area contributed by atoms with Gasteiger partial charge in [-0.25, -0.2) is 0 Å². The molecule has 5 heteroatoms. The lowest BCUT2D eigenvalue weighted by atomic mass is 10.1. The number of hydrogen-bond donors (Lipinski definition) is 2. The van der Waals surface area contributed by atoms with Gasteiger partial charge in [0.15, 0.2) is 0 Å². The maximum Gasteiger partial charge on any atom is 0.223 e. The molecule has 4 nitrogen and oxygen atoms in total. The molecule has 1 aliphatic heterocycles. The van der Waals surface area contributed by atoms with Crippen LogP contribution in [0.15, 0.2) is 28.7 Å². The van der Waals surface area contributed by atoms with E-state index in [2.05, 4.69) is 38.3 Å². The van der Waals surface area contributed by atoms with Crippen LogP contribution in [0.2, 0.25) is 0 Å². The first-order valence-corrected chi connectivity index (χ1v) is 8.48. The molecule has 1 aliphatic carbocycles. The Hall–Kier alpha value is -1.07. The van der Waals surface area contributed by atoms with Crippen molar-refractivity contribution in [3.05, 3.63) is 28.7 Å². The second kappa shape index (κ2) is 6.36. The summed E-state index contributed by atoms with van der Waals surface area (Å²) in [4.78, 5) is 14.6. The highest BCUT2D eigenvalue weighted by atomic mass is 79.9. The van der Waals surface area contributed by atoms with E-state index in [0.29, 0.717) is 0 Å². The molecule has 0 aromatic heterocycles. The van der Waals surface area contributed by atoms with Gasteiger partial charge in [0.1, 0.15) is 0 Å². The molecule has 1 saturated heterocycles. The maximum absolute atomic E-state index is 12.3. The molecule has 0 radical (unpaired) electrons. The fraction of sp³-hybridized carbons (Fsp3) is 0.562. The topological polar surface area (TPSA) is 58.4 Å². The van der Waals surface area contributed by atoms with Gasteiger partial charge in [0.25, 0.3) is 0 Å². The van der Waals surface area contributed by atoms with Crippen LogP contribution in [0.3, 0.4) is 0 Å². The summed E-state index contributed by atoms with van der Waals surface area (Å²) in [5.41, 5.74) is 7.10. The fourth-order valence-electron chi connectivity index (χ4n) is 3.38. The van der Waals surface area contributed by atoms with Gasteiger partial charge in [-0.15, -0.1) is 0 Å². The van der Waals surface area contributed by atoms with Crippen LogP contribution < -0.4 is 16.0 Å². The Kier molecular flexibility index (Phi) is 4.50. The number of benzene rings is 1. The number of para-hydroxylation sites is 1. The summed E-state index contributed by atoms with van der Waals surface area (Å²) in [6, 6.07) is 8.70. The number of nitrogens with two attached hydrogens (primary N) is 1. The first-order chi connectivity index (χ1) is 10.1. The van der Waals surface area contributed by atoms with Crippen molar-refractivity contribution in [2.45, 2.75) is 37.8 Å². The Morgan fingerprint density at radius 2 is 2.10 bits per heavy atom. The molecule has 0 bridgehead atoms. The highest BCUT2D eigenvalue weighted by molar-refractivity contribution is 9.10. The Bertz CT molecular complexity index is 522. The molecule has 3 N–H and O–H groups in total. The lowest BCUT2D eigenvalue weighted by molar-refractivity contribution is -0.125. The minimum atomic E-state index is 0.123. The van der Waals surface area contributed by atoms with E-state index in [0.717, 1.165) is 43.2 Å². The molecule has 1 saturated carbocycles. The van der Waals surface area contributed by atoms with Gasteiger partial charge in [-0.05, 0) is 53.7 Å². The molecule has 2 fully saturated rings. The van der Waals surface area contributed by atoms with E-state index in [-0.39, 0.29) is 23.9 Å². The van der Waals surface area contributed by atoms with Gasteiger partial charge in [-0.3, -0.25) is 4.79 Å². The number of carbonyl (C=O) groups is 1. The van der Waals surface area contributed by atoms with E-state index >= 15 is 0 Å².